The molecule has 0 amide bonds. The largest absolute Gasteiger partial charge is 0.192 e. The second kappa shape index (κ2) is 15.7. The minimum absolute atomic E-state index is 0.653. The van der Waals surface area contributed by atoms with Crippen molar-refractivity contribution in [2.75, 3.05) is 0 Å². The van der Waals surface area contributed by atoms with Crippen LogP contribution in [0.4, 0.5) is 0 Å². The molecule has 0 heterocycles. The Kier molecular flexibility index (Phi) is 8.79. The van der Waals surface area contributed by atoms with Gasteiger partial charge in [0, 0.05) is 5.56 Å². The molecule has 2 aliphatic carbocycles. The monoisotopic (exact) mass is 907 g/mol. The molecule has 0 unspecified atom stereocenters. The van der Waals surface area contributed by atoms with Crippen molar-refractivity contribution in [1.29, 1.82) is 5.26 Å². The molecule has 2 aliphatic rings. The van der Waals surface area contributed by atoms with Gasteiger partial charge in [-0.3, -0.25) is 0 Å². The summed E-state index contributed by atoms with van der Waals surface area (Å²) in [6, 6.07) is 93.3. The molecular formula is C71H41N. The highest BCUT2D eigenvalue weighted by atomic mass is 14.4. The first-order valence-corrected chi connectivity index (χ1v) is 24.8. The van der Waals surface area contributed by atoms with E-state index >= 15 is 0 Å². The molecule has 0 saturated carbocycles. The lowest BCUT2D eigenvalue weighted by Gasteiger charge is -2.20. The standard InChI is InChI=1S/C71H41N/c72-42-48-41-47(49-37-39-60-66-52(49)31-17-33-58(66)68-62(43-19-5-1-6-20-43)54-27-13-15-29-56(54)64(70(60)68)45-23-9-3-10-24-45)35-36-50(48)51-38-40-61-67-53(51)32-18-34-59(67)69-63(44-21-7-2-8-22-44)55-28-14-16-30-57(55)65(71(61)69)46-25-11-4-12-26-46/h1-41H. The number of benzene rings is 13. The molecule has 0 aromatic heterocycles. The van der Waals surface area contributed by atoms with Gasteiger partial charge in [-0.15, -0.1) is 0 Å². The molecule has 0 fully saturated rings. The Balaban J connectivity index is 0.927. The molecule has 15 rings (SSSR count). The van der Waals surface area contributed by atoms with E-state index in [1.54, 1.807) is 0 Å². The van der Waals surface area contributed by atoms with Crippen molar-refractivity contribution in [3.8, 4) is 117 Å². The van der Waals surface area contributed by atoms with Crippen molar-refractivity contribution in [3.05, 3.63) is 254 Å². The summed E-state index contributed by atoms with van der Waals surface area (Å²) in [5.41, 5.74) is 24.6. The fourth-order valence-electron chi connectivity index (χ4n) is 12.7. The predicted molar refractivity (Wildman–Crippen MR) is 303 cm³/mol. The van der Waals surface area contributed by atoms with Gasteiger partial charge < -0.3 is 0 Å². The molecule has 0 atom stereocenters. The van der Waals surface area contributed by atoms with E-state index in [0.717, 1.165) is 27.6 Å². The minimum Gasteiger partial charge on any atom is -0.192 e. The fourth-order valence-corrected chi connectivity index (χ4v) is 12.7. The molecule has 0 N–H and O–H groups in total. The number of nitriles is 1. The maximum Gasteiger partial charge on any atom is 0.0998 e. The van der Waals surface area contributed by atoms with E-state index in [2.05, 4.69) is 255 Å². The van der Waals surface area contributed by atoms with Crippen LogP contribution in [0.2, 0.25) is 0 Å². The quantitative estimate of drug-likeness (QED) is 0.163. The summed E-state index contributed by atoms with van der Waals surface area (Å²) in [5.74, 6) is 0. The van der Waals surface area contributed by atoms with Gasteiger partial charge in [0.1, 0.15) is 0 Å². The topological polar surface area (TPSA) is 23.8 Å². The van der Waals surface area contributed by atoms with Crippen molar-refractivity contribution >= 4 is 43.1 Å². The highest BCUT2D eigenvalue weighted by molar-refractivity contribution is 6.30. The van der Waals surface area contributed by atoms with Crippen molar-refractivity contribution in [1.82, 2.24) is 0 Å². The van der Waals surface area contributed by atoms with Crippen LogP contribution in [0.5, 0.6) is 0 Å². The van der Waals surface area contributed by atoms with Crippen LogP contribution in [-0.2, 0) is 0 Å². The Morgan fingerprint density at radius 1 is 0.208 bits per heavy atom. The lowest BCUT2D eigenvalue weighted by Crippen LogP contribution is -1.93. The van der Waals surface area contributed by atoms with Crippen LogP contribution in [0.3, 0.4) is 0 Å². The summed E-state index contributed by atoms with van der Waals surface area (Å²) in [6.45, 7) is 0. The van der Waals surface area contributed by atoms with Crippen molar-refractivity contribution in [3.63, 3.8) is 0 Å². The summed E-state index contributed by atoms with van der Waals surface area (Å²) in [7, 11) is 0. The Labute approximate surface area is 417 Å². The summed E-state index contributed by atoms with van der Waals surface area (Å²) >= 11 is 0. The van der Waals surface area contributed by atoms with Crippen LogP contribution in [0.1, 0.15) is 5.56 Å². The van der Waals surface area contributed by atoms with Gasteiger partial charge in [-0.2, -0.15) is 5.26 Å². The molecule has 0 spiro atoms. The SMILES string of the molecule is N#Cc1cc(-c2ccc3c4c(cccc24)-c2c-3c(-c3ccccc3)c3ccccc3c2-c2ccccc2)ccc1-c1ccc2c3c(cccc13)-c1c-2c(-c2ccccc2)c2ccccc2c1-c1ccccc1. The lowest BCUT2D eigenvalue weighted by atomic mass is 9.82. The second-order valence-corrected chi connectivity index (χ2v) is 19.2. The first-order chi connectivity index (χ1) is 35.7. The second-order valence-electron chi connectivity index (χ2n) is 19.2. The lowest BCUT2D eigenvalue weighted by molar-refractivity contribution is 1.48. The van der Waals surface area contributed by atoms with Crippen LogP contribution in [0, 0.1) is 11.3 Å². The molecular weight excluding hydrogens is 867 g/mol. The number of hydrogen-bond acceptors (Lipinski definition) is 1. The summed E-state index contributed by atoms with van der Waals surface area (Å²) in [4.78, 5) is 0. The Hall–Kier alpha value is -9.61. The Morgan fingerprint density at radius 3 is 0.903 bits per heavy atom. The third-order valence-electron chi connectivity index (χ3n) is 15.6. The minimum atomic E-state index is 0.653. The normalized spacial score (nSPS) is 11.9. The summed E-state index contributed by atoms with van der Waals surface area (Å²) < 4.78 is 0. The molecule has 330 valence electrons. The molecule has 1 nitrogen and oxygen atoms in total. The first kappa shape index (κ1) is 40.3. The van der Waals surface area contributed by atoms with Gasteiger partial charge >= 0.3 is 0 Å². The van der Waals surface area contributed by atoms with E-state index < -0.39 is 0 Å². The van der Waals surface area contributed by atoms with Crippen LogP contribution in [0.15, 0.2) is 249 Å². The molecule has 0 aliphatic heterocycles. The highest BCUT2D eigenvalue weighted by Gasteiger charge is 2.33. The zero-order chi connectivity index (χ0) is 47.4. The smallest absolute Gasteiger partial charge is 0.0998 e. The molecule has 72 heavy (non-hydrogen) atoms. The molecule has 0 bridgehead atoms. The zero-order valence-electron chi connectivity index (χ0n) is 39.1. The van der Waals surface area contributed by atoms with Gasteiger partial charge in [0.2, 0.25) is 0 Å². The Bertz CT molecular complexity index is 4280. The van der Waals surface area contributed by atoms with E-state index in [9.17, 15) is 5.26 Å². The van der Waals surface area contributed by atoms with Gasteiger partial charge in [0.05, 0.1) is 11.6 Å². The molecule has 13 aromatic rings. The van der Waals surface area contributed by atoms with E-state index in [0.29, 0.717) is 5.56 Å². The number of nitrogens with zero attached hydrogens (tertiary/aromatic N) is 1. The van der Waals surface area contributed by atoms with E-state index in [-0.39, 0.29) is 0 Å². The predicted octanol–water partition coefficient (Wildman–Crippen LogP) is 19.5. The number of fused-ring (bicyclic) bond motifs is 8. The van der Waals surface area contributed by atoms with E-state index in [4.69, 9.17) is 0 Å². The van der Waals surface area contributed by atoms with Gasteiger partial charge in [-0.1, -0.05) is 243 Å². The fraction of sp³-hybridized carbons (Fsp3) is 0. The molecule has 0 radical (unpaired) electrons. The molecule has 0 saturated heterocycles. The van der Waals surface area contributed by atoms with Gasteiger partial charge in [-0.05, 0) is 155 Å². The van der Waals surface area contributed by atoms with Crippen LogP contribution in [0.25, 0.3) is 154 Å². The zero-order valence-corrected chi connectivity index (χ0v) is 39.1. The maximum atomic E-state index is 11.2. The van der Waals surface area contributed by atoms with Crippen molar-refractivity contribution < 1.29 is 0 Å². The molecule has 13 aromatic carbocycles. The number of hydrogen-bond donors (Lipinski definition) is 0. The first-order valence-electron chi connectivity index (χ1n) is 24.8. The van der Waals surface area contributed by atoms with Crippen LogP contribution < -0.4 is 0 Å². The van der Waals surface area contributed by atoms with Gasteiger partial charge in [0.25, 0.3) is 0 Å². The average Bonchev–Trinajstić information content (AvgIpc) is 3.96. The van der Waals surface area contributed by atoms with Crippen molar-refractivity contribution in [2.45, 2.75) is 0 Å². The third kappa shape index (κ3) is 5.70. The Morgan fingerprint density at radius 2 is 0.514 bits per heavy atom. The number of rotatable bonds is 6. The highest BCUT2D eigenvalue weighted by Crippen LogP contribution is 2.60. The van der Waals surface area contributed by atoms with Gasteiger partial charge in [-0.25, -0.2) is 0 Å². The van der Waals surface area contributed by atoms with E-state index in [1.807, 2.05) is 0 Å². The van der Waals surface area contributed by atoms with Gasteiger partial charge in [0.15, 0.2) is 0 Å². The van der Waals surface area contributed by atoms with Crippen molar-refractivity contribution in [2.24, 2.45) is 0 Å². The average molecular weight is 908 g/mol. The van der Waals surface area contributed by atoms with Crippen LogP contribution >= 0.6 is 0 Å². The van der Waals surface area contributed by atoms with E-state index in [1.165, 1.54) is 127 Å². The van der Waals surface area contributed by atoms with Crippen LogP contribution in [-0.4, -0.2) is 0 Å². The summed E-state index contributed by atoms with van der Waals surface area (Å²) in [6.07, 6.45) is 0. The third-order valence-corrected chi connectivity index (χ3v) is 15.6. The summed E-state index contributed by atoms with van der Waals surface area (Å²) in [5, 5.41) is 20.9. The molecule has 1 heteroatoms. The maximum absolute atomic E-state index is 11.2.